The maximum absolute atomic E-state index is 11.6. The molecule has 0 aliphatic heterocycles. The first-order chi connectivity index (χ1) is 8.78. The molecule has 0 spiro atoms. The molecule has 0 saturated heterocycles. The van der Waals surface area contributed by atoms with Gasteiger partial charge in [-0.3, -0.25) is 0 Å². The second kappa shape index (κ2) is 4.27. The third kappa shape index (κ3) is 1.78. The fourth-order valence-electron chi connectivity index (χ4n) is 1.85. The summed E-state index contributed by atoms with van der Waals surface area (Å²) < 4.78 is 5.19. The van der Waals surface area contributed by atoms with E-state index in [2.05, 4.69) is 9.97 Å². The molecule has 0 amide bonds. The van der Waals surface area contributed by atoms with E-state index in [1.54, 1.807) is 7.11 Å². The van der Waals surface area contributed by atoms with Gasteiger partial charge in [-0.2, -0.15) is 4.98 Å². The molecule has 0 saturated carbocycles. The van der Waals surface area contributed by atoms with Gasteiger partial charge in [0.05, 0.1) is 12.8 Å². The number of hydrogen-bond acceptors (Lipinski definition) is 4. The predicted molar refractivity (Wildman–Crippen MR) is 72.2 cm³/mol. The van der Waals surface area contributed by atoms with Crippen molar-refractivity contribution in [1.82, 2.24) is 9.97 Å². The van der Waals surface area contributed by atoms with Gasteiger partial charge in [0.25, 0.3) is 0 Å². The van der Waals surface area contributed by atoms with Crippen LogP contribution in [0.15, 0.2) is 41.2 Å². The second-order valence-electron chi connectivity index (χ2n) is 3.77. The summed E-state index contributed by atoms with van der Waals surface area (Å²) in [6.45, 7) is 0. The SMILES string of the molecule is COc1cc2c(-c3ccccc3)[nH]c(=O)nc2s1. The van der Waals surface area contributed by atoms with Crippen molar-refractivity contribution in [3.05, 3.63) is 46.9 Å². The molecular formula is C13H10N2O2S. The Kier molecular flexibility index (Phi) is 2.60. The van der Waals surface area contributed by atoms with Crippen LogP contribution in [-0.2, 0) is 0 Å². The Morgan fingerprint density at radius 3 is 2.78 bits per heavy atom. The van der Waals surface area contributed by atoms with E-state index in [1.165, 1.54) is 11.3 Å². The van der Waals surface area contributed by atoms with Crippen molar-refractivity contribution >= 4 is 21.6 Å². The van der Waals surface area contributed by atoms with Gasteiger partial charge in [-0.05, 0) is 5.56 Å². The molecular weight excluding hydrogens is 248 g/mol. The van der Waals surface area contributed by atoms with Crippen LogP contribution in [0.3, 0.4) is 0 Å². The zero-order valence-corrected chi connectivity index (χ0v) is 10.5. The molecule has 0 radical (unpaired) electrons. The molecule has 0 bridgehead atoms. The van der Waals surface area contributed by atoms with E-state index in [0.29, 0.717) is 4.83 Å². The second-order valence-corrected chi connectivity index (χ2v) is 4.76. The standard InChI is InChI=1S/C13H10N2O2S/c1-17-10-7-9-11(8-5-3-2-4-6-8)14-13(16)15-12(9)18-10/h2-7H,1H3,(H,14,15,16). The van der Waals surface area contributed by atoms with Crippen molar-refractivity contribution in [2.45, 2.75) is 0 Å². The number of nitrogens with one attached hydrogen (secondary N) is 1. The van der Waals surface area contributed by atoms with Gasteiger partial charge in [0, 0.05) is 11.5 Å². The van der Waals surface area contributed by atoms with Gasteiger partial charge in [-0.15, -0.1) is 0 Å². The van der Waals surface area contributed by atoms with Gasteiger partial charge < -0.3 is 9.72 Å². The van der Waals surface area contributed by atoms with E-state index in [-0.39, 0.29) is 5.69 Å². The number of nitrogens with zero attached hydrogens (tertiary/aromatic N) is 1. The zero-order chi connectivity index (χ0) is 12.5. The van der Waals surface area contributed by atoms with Crippen molar-refractivity contribution in [2.24, 2.45) is 0 Å². The number of benzene rings is 1. The molecule has 1 N–H and O–H groups in total. The minimum absolute atomic E-state index is 0.342. The zero-order valence-electron chi connectivity index (χ0n) is 9.64. The molecule has 0 atom stereocenters. The Labute approximate surface area is 107 Å². The molecule has 2 aromatic heterocycles. The number of ether oxygens (including phenoxy) is 1. The number of aromatic nitrogens is 2. The minimum Gasteiger partial charge on any atom is -0.487 e. The largest absolute Gasteiger partial charge is 0.487 e. The topological polar surface area (TPSA) is 55.0 Å². The number of fused-ring (bicyclic) bond motifs is 1. The normalized spacial score (nSPS) is 10.7. The summed E-state index contributed by atoms with van der Waals surface area (Å²) in [7, 11) is 1.61. The van der Waals surface area contributed by atoms with Crippen LogP contribution < -0.4 is 10.4 Å². The van der Waals surface area contributed by atoms with E-state index >= 15 is 0 Å². The maximum Gasteiger partial charge on any atom is 0.346 e. The lowest BCUT2D eigenvalue weighted by Crippen LogP contribution is -2.10. The van der Waals surface area contributed by atoms with E-state index in [0.717, 1.165) is 21.7 Å². The summed E-state index contributed by atoms with van der Waals surface area (Å²) >= 11 is 1.37. The van der Waals surface area contributed by atoms with Crippen molar-refractivity contribution in [3.63, 3.8) is 0 Å². The van der Waals surface area contributed by atoms with Crippen LogP contribution in [0.1, 0.15) is 0 Å². The first kappa shape index (κ1) is 11.0. The van der Waals surface area contributed by atoms with Crippen LogP contribution >= 0.6 is 11.3 Å². The Morgan fingerprint density at radius 2 is 2.06 bits per heavy atom. The molecule has 0 aliphatic carbocycles. The molecule has 1 aromatic carbocycles. The highest BCUT2D eigenvalue weighted by molar-refractivity contribution is 7.20. The van der Waals surface area contributed by atoms with E-state index < -0.39 is 0 Å². The van der Waals surface area contributed by atoms with Crippen molar-refractivity contribution in [1.29, 1.82) is 0 Å². The molecule has 90 valence electrons. The Balaban J connectivity index is 2.34. The minimum atomic E-state index is -0.342. The smallest absolute Gasteiger partial charge is 0.346 e. The van der Waals surface area contributed by atoms with Crippen LogP contribution in [0, 0.1) is 0 Å². The Bertz CT molecular complexity index is 747. The average Bonchev–Trinajstić information content (AvgIpc) is 2.81. The van der Waals surface area contributed by atoms with Crippen molar-refractivity contribution in [3.8, 4) is 16.3 Å². The van der Waals surface area contributed by atoms with Gasteiger partial charge in [0.2, 0.25) is 0 Å². The molecule has 18 heavy (non-hydrogen) atoms. The van der Waals surface area contributed by atoms with Gasteiger partial charge >= 0.3 is 5.69 Å². The fourth-order valence-corrected chi connectivity index (χ4v) is 2.70. The van der Waals surface area contributed by atoms with Gasteiger partial charge in [-0.1, -0.05) is 41.7 Å². The predicted octanol–water partition coefficient (Wildman–Crippen LogP) is 2.66. The monoisotopic (exact) mass is 258 g/mol. The number of methoxy groups -OCH3 is 1. The highest BCUT2D eigenvalue weighted by Crippen LogP contribution is 2.34. The Hall–Kier alpha value is -2.14. The average molecular weight is 258 g/mol. The molecule has 5 heteroatoms. The molecule has 2 heterocycles. The molecule has 3 rings (SSSR count). The van der Waals surface area contributed by atoms with Gasteiger partial charge in [0.15, 0.2) is 5.06 Å². The number of rotatable bonds is 2. The highest BCUT2D eigenvalue weighted by atomic mass is 32.1. The molecule has 0 unspecified atom stereocenters. The lowest BCUT2D eigenvalue weighted by molar-refractivity contribution is 0.427. The van der Waals surface area contributed by atoms with Crippen LogP contribution in [0.5, 0.6) is 5.06 Å². The maximum atomic E-state index is 11.6. The first-order valence-electron chi connectivity index (χ1n) is 5.41. The van der Waals surface area contributed by atoms with E-state index in [1.807, 2.05) is 36.4 Å². The molecule has 0 aliphatic rings. The highest BCUT2D eigenvalue weighted by Gasteiger charge is 2.11. The molecule has 0 fully saturated rings. The number of aromatic amines is 1. The molecule has 4 nitrogen and oxygen atoms in total. The molecule has 3 aromatic rings. The Morgan fingerprint density at radius 1 is 1.28 bits per heavy atom. The van der Waals surface area contributed by atoms with Crippen LogP contribution in [0.25, 0.3) is 21.5 Å². The summed E-state index contributed by atoms with van der Waals surface area (Å²) in [5.74, 6) is 0. The van der Waals surface area contributed by atoms with Crippen molar-refractivity contribution in [2.75, 3.05) is 7.11 Å². The number of H-pyrrole nitrogens is 1. The third-order valence-electron chi connectivity index (χ3n) is 2.66. The van der Waals surface area contributed by atoms with Crippen LogP contribution in [0.4, 0.5) is 0 Å². The summed E-state index contributed by atoms with van der Waals surface area (Å²) in [5, 5.41) is 1.65. The van der Waals surface area contributed by atoms with Gasteiger partial charge in [0.1, 0.15) is 4.83 Å². The van der Waals surface area contributed by atoms with E-state index in [9.17, 15) is 4.79 Å². The quantitative estimate of drug-likeness (QED) is 0.768. The van der Waals surface area contributed by atoms with Crippen molar-refractivity contribution < 1.29 is 4.74 Å². The van der Waals surface area contributed by atoms with E-state index in [4.69, 9.17) is 4.74 Å². The van der Waals surface area contributed by atoms with Crippen LogP contribution in [-0.4, -0.2) is 17.1 Å². The number of thiophene rings is 1. The summed E-state index contributed by atoms with van der Waals surface area (Å²) in [4.78, 5) is 19.0. The summed E-state index contributed by atoms with van der Waals surface area (Å²) in [5.41, 5.74) is 1.40. The lowest BCUT2D eigenvalue weighted by atomic mass is 10.1. The lowest BCUT2D eigenvalue weighted by Gasteiger charge is -2.01. The number of hydrogen-bond donors (Lipinski definition) is 1. The van der Waals surface area contributed by atoms with Crippen LogP contribution in [0.2, 0.25) is 0 Å². The summed E-state index contributed by atoms with van der Waals surface area (Å²) in [6.07, 6.45) is 0. The fraction of sp³-hybridized carbons (Fsp3) is 0.0769. The first-order valence-corrected chi connectivity index (χ1v) is 6.23. The third-order valence-corrected chi connectivity index (χ3v) is 3.65. The summed E-state index contributed by atoms with van der Waals surface area (Å²) in [6, 6.07) is 11.6. The van der Waals surface area contributed by atoms with Gasteiger partial charge in [-0.25, -0.2) is 4.79 Å².